The third-order valence-electron chi connectivity index (χ3n) is 4.39. The molecule has 0 unspecified atom stereocenters. The molecule has 1 aromatic carbocycles. The summed E-state index contributed by atoms with van der Waals surface area (Å²) in [4.78, 5) is 13.3. The van der Waals surface area contributed by atoms with Gasteiger partial charge in [0.15, 0.2) is 11.6 Å². The molecule has 3 aromatic rings. The molecule has 0 aliphatic rings. The topological polar surface area (TPSA) is 92.2 Å². The van der Waals surface area contributed by atoms with Crippen LogP contribution in [0.2, 0.25) is 0 Å². The van der Waals surface area contributed by atoms with Crippen LogP contribution in [0.3, 0.4) is 0 Å². The molecule has 1 atom stereocenters. The summed E-state index contributed by atoms with van der Waals surface area (Å²) < 4.78 is 19.0. The highest BCUT2D eigenvalue weighted by Gasteiger charge is 2.15. The Morgan fingerprint density at radius 2 is 1.93 bits per heavy atom. The van der Waals surface area contributed by atoms with Gasteiger partial charge in [-0.2, -0.15) is 4.98 Å². The number of benzene rings is 1. The maximum atomic E-state index is 14.0. The molecule has 0 saturated carbocycles. The standard InChI is InChI=1S/C21H24FN5O2/c1-13(2)18(12-28)26-21-25-17(16-6-4-5-9-23-16)11-20(27-21)24-14-7-8-19(29-3)15(22)10-14/h4-11,13,18,28H,12H2,1-3H3,(H2,24,25,26,27)/t18-/m0/s1. The predicted molar refractivity (Wildman–Crippen MR) is 111 cm³/mol. The fourth-order valence-corrected chi connectivity index (χ4v) is 2.70. The average molecular weight is 397 g/mol. The Balaban J connectivity index is 1.96. The van der Waals surface area contributed by atoms with Crippen LogP contribution in [0.5, 0.6) is 5.75 Å². The van der Waals surface area contributed by atoms with Gasteiger partial charge in [-0.3, -0.25) is 4.98 Å². The van der Waals surface area contributed by atoms with E-state index in [4.69, 9.17) is 4.74 Å². The van der Waals surface area contributed by atoms with E-state index in [0.717, 1.165) is 0 Å². The lowest BCUT2D eigenvalue weighted by atomic mass is 10.1. The van der Waals surface area contributed by atoms with Crippen molar-refractivity contribution in [3.8, 4) is 17.1 Å². The summed E-state index contributed by atoms with van der Waals surface area (Å²) in [5.41, 5.74) is 1.79. The Hall–Kier alpha value is -3.26. The van der Waals surface area contributed by atoms with E-state index in [1.807, 2.05) is 32.0 Å². The van der Waals surface area contributed by atoms with Crippen molar-refractivity contribution >= 4 is 17.5 Å². The fraction of sp³-hybridized carbons (Fsp3) is 0.286. The number of anilines is 3. The number of aliphatic hydroxyl groups is 1. The van der Waals surface area contributed by atoms with Crippen molar-refractivity contribution in [2.24, 2.45) is 5.92 Å². The van der Waals surface area contributed by atoms with E-state index in [0.29, 0.717) is 28.8 Å². The number of halogens is 1. The molecule has 29 heavy (non-hydrogen) atoms. The van der Waals surface area contributed by atoms with Gasteiger partial charge in [0.1, 0.15) is 5.82 Å². The van der Waals surface area contributed by atoms with Gasteiger partial charge in [0, 0.05) is 24.0 Å². The second kappa shape index (κ2) is 9.29. The normalized spacial score (nSPS) is 11.9. The van der Waals surface area contributed by atoms with E-state index in [1.54, 1.807) is 18.3 Å². The lowest BCUT2D eigenvalue weighted by Crippen LogP contribution is -2.30. The van der Waals surface area contributed by atoms with Crippen LogP contribution in [0.15, 0.2) is 48.7 Å². The van der Waals surface area contributed by atoms with Crippen molar-refractivity contribution in [2.75, 3.05) is 24.4 Å². The minimum absolute atomic E-state index is 0.0543. The quantitative estimate of drug-likeness (QED) is 0.531. The van der Waals surface area contributed by atoms with Gasteiger partial charge in [-0.05, 0) is 30.2 Å². The van der Waals surface area contributed by atoms with Crippen LogP contribution in [0.1, 0.15) is 13.8 Å². The molecule has 0 radical (unpaired) electrons. The number of hydrogen-bond acceptors (Lipinski definition) is 7. The second-order valence-corrected chi connectivity index (χ2v) is 6.83. The third kappa shape index (κ3) is 5.17. The van der Waals surface area contributed by atoms with Gasteiger partial charge in [-0.1, -0.05) is 19.9 Å². The molecular formula is C21H24FN5O2. The number of pyridine rings is 1. The van der Waals surface area contributed by atoms with Crippen molar-refractivity contribution < 1.29 is 14.2 Å². The van der Waals surface area contributed by atoms with Gasteiger partial charge in [0.05, 0.1) is 31.1 Å². The van der Waals surface area contributed by atoms with E-state index in [-0.39, 0.29) is 24.3 Å². The van der Waals surface area contributed by atoms with Crippen LogP contribution >= 0.6 is 0 Å². The predicted octanol–water partition coefficient (Wildman–Crippen LogP) is 3.86. The SMILES string of the molecule is COc1ccc(Nc2cc(-c3ccccn3)nc(N[C@@H](CO)C(C)C)n2)cc1F. The van der Waals surface area contributed by atoms with Crippen LogP contribution < -0.4 is 15.4 Å². The first-order valence-electron chi connectivity index (χ1n) is 9.28. The van der Waals surface area contributed by atoms with Crippen molar-refractivity contribution in [1.29, 1.82) is 0 Å². The summed E-state index contributed by atoms with van der Waals surface area (Å²) in [5, 5.41) is 15.9. The van der Waals surface area contributed by atoms with Crippen LogP contribution in [-0.2, 0) is 0 Å². The Labute approximate surface area is 169 Å². The molecule has 2 aromatic heterocycles. The molecule has 0 saturated heterocycles. The van der Waals surface area contributed by atoms with E-state index >= 15 is 0 Å². The molecule has 3 N–H and O–H groups in total. The minimum Gasteiger partial charge on any atom is -0.494 e. The Morgan fingerprint density at radius 1 is 1.10 bits per heavy atom. The van der Waals surface area contributed by atoms with Gasteiger partial charge >= 0.3 is 0 Å². The van der Waals surface area contributed by atoms with Gasteiger partial charge < -0.3 is 20.5 Å². The number of nitrogens with zero attached hydrogens (tertiary/aromatic N) is 3. The first-order valence-corrected chi connectivity index (χ1v) is 9.28. The van der Waals surface area contributed by atoms with Crippen LogP contribution in [0.4, 0.5) is 21.8 Å². The molecule has 0 aliphatic carbocycles. The summed E-state index contributed by atoms with van der Waals surface area (Å²) in [6.07, 6.45) is 1.68. The molecular weight excluding hydrogens is 373 g/mol. The van der Waals surface area contributed by atoms with Gasteiger partial charge in [-0.25, -0.2) is 9.37 Å². The van der Waals surface area contributed by atoms with Gasteiger partial charge in [-0.15, -0.1) is 0 Å². The smallest absolute Gasteiger partial charge is 0.225 e. The molecule has 0 fully saturated rings. The van der Waals surface area contributed by atoms with E-state index in [9.17, 15) is 9.50 Å². The Kier molecular flexibility index (Phi) is 6.56. The Bertz CT molecular complexity index is 953. The number of ether oxygens (including phenoxy) is 1. The highest BCUT2D eigenvalue weighted by molar-refractivity contribution is 5.65. The number of methoxy groups -OCH3 is 1. The van der Waals surface area contributed by atoms with Crippen LogP contribution in [0.25, 0.3) is 11.4 Å². The second-order valence-electron chi connectivity index (χ2n) is 6.83. The Morgan fingerprint density at radius 3 is 2.55 bits per heavy atom. The molecule has 2 heterocycles. The number of aliphatic hydroxyl groups excluding tert-OH is 1. The number of nitrogens with one attached hydrogen (secondary N) is 2. The number of rotatable bonds is 8. The van der Waals surface area contributed by atoms with Crippen molar-refractivity contribution in [2.45, 2.75) is 19.9 Å². The molecule has 0 bridgehead atoms. The highest BCUT2D eigenvalue weighted by atomic mass is 19.1. The minimum atomic E-state index is -0.477. The monoisotopic (exact) mass is 397 g/mol. The molecule has 0 aliphatic heterocycles. The summed E-state index contributed by atoms with van der Waals surface area (Å²) in [7, 11) is 1.42. The lowest BCUT2D eigenvalue weighted by molar-refractivity contribution is 0.248. The fourth-order valence-electron chi connectivity index (χ4n) is 2.70. The average Bonchev–Trinajstić information content (AvgIpc) is 2.72. The van der Waals surface area contributed by atoms with E-state index in [2.05, 4.69) is 25.6 Å². The first kappa shape index (κ1) is 20.5. The summed E-state index contributed by atoms with van der Waals surface area (Å²) in [6, 6.07) is 11.6. The van der Waals surface area contributed by atoms with Gasteiger partial charge in [0.2, 0.25) is 5.95 Å². The van der Waals surface area contributed by atoms with Crippen LogP contribution in [-0.4, -0.2) is 39.8 Å². The largest absolute Gasteiger partial charge is 0.494 e. The van der Waals surface area contributed by atoms with Crippen molar-refractivity contribution in [3.63, 3.8) is 0 Å². The first-order chi connectivity index (χ1) is 14.0. The lowest BCUT2D eigenvalue weighted by Gasteiger charge is -2.20. The van der Waals surface area contributed by atoms with Crippen LogP contribution in [0, 0.1) is 11.7 Å². The van der Waals surface area contributed by atoms with Gasteiger partial charge in [0.25, 0.3) is 0 Å². The van der Waals surface area contributed by atoms with E-state index < -0.39 is 5.82 Å². The zero-order valence-electron chi connectivity index (χ0n) is 16.6. The molecule has 152 valence electrons. The molecule has 0 amide bonds. The number of aromatic nitrogens is 3. The maximum absolute atomic E-state index is 14.0. The molecule has 3 rings (SSSR count). The van der Waals surface area contributed by atoms with E-state index in [1.165, 1.54) is 19.2 Å². The maximum Gasteiger partial charge on any atom is 0.225 e. The summed E-state index contributed by atoms with van der Waals surface area (Å²) in [6.45, 7) is 3.94. The zero-order valence-corrected chi connectivity index (χ0v) is 16.6. The summed E-state index contributed by atoms with van der Waals surface area (Å²) >= 11 is 0. The molecule has 0 spiro atoms. The zero-order chi connectivity index (χ0) is 20.8. The van der Waals surface area contributed by atoms with Crippen molar-refractivity contribution in [3.05, 3.63) is 54.5 Å². The third-order valence-corrected chi connectivity index (χ3v) is 4.39. The number of hydrogen-bond donors (Lipinski definition) is 3. The molecule has 8 heteroatoms. The summed E-state index contributed by atoms with van der Waals surface area (Å²) in [5.74, 6) is 0.673. The molecule has 7 nitrogen and oxygen atoms in total. The van der Waals surface area contributed by atoms with Crippen molar-refractivity contribution in [1.82, 2.24) is 15.0 Å². The highest BCUT2D eigenvalue weighted by Crippen LogP contribution is 2.26.